The molecule has 0 saturated carbocycles. The number of rotatable bonds is 2. The predicted molar refractivity (Wildman–Crippen MR) is 62.0 cm³/mol. The van der Waals surface area contributed by atoms with Crippen molar-refractivity contribution < 1.29 is 15.5 Å². The Bertz CT molecular complexity index is 453. The van der Waals surface area contributed by atoms with Gasteiger partial charge in [-0.15, -0.1) is 15.5 Å². The van der Waals surface area contributed by atoms with Gasteiger partial charge in [0.25, 0.3) is 0 Å². The third-order valence-electron chi connectivity index (χ3n) is 2.28. The minimum Gasteiger partial charge on any atom is -0.398 e. The van der Waals surface area contributed by atoms with Gasteiger partial charge in [-0.25, -0.2) is 0 Å². The topological polar surface area (TPSA) is 26.0 Å². The van der Waals surface area contributed by atoms with Crippen LogP contribution in [0.4, 0.5) is 21.2 Å². The number of anilines is 1. The molecule has 6 heteroatoms. The van der Waals surface area contributed by atoms with Crippen LogP contribution < -0.4 is 5.73 Å². The molecule has 0 aliphatic rings. The highest BCUT2D eigenvalue weighted by Gasteiger charge is 2.40. The van der Waals surface area contributed by atoms with E-state index in [9.17, 15) is 15.5 Å². The van der Waals surface area contributed by atoms with Crippen LogP contribution in [0.5, 0.6) is 0 Å². The predicted octanol–water partition coefficient (Wildman–Crippen LogP) is 4.58. The van der Waals surface area contributed by atoms with E-state index in [0.29, 0.717) is 17.2 Å². The van der Waals surface area contributed by atoms with Gasteiger partial charge in [0.05, 0.1) is 4.90 Å². The Hall–Kier alpha value is -1.17. The Morgan fingerprint density at radius 1 is 1.25 bits per heavy atom. The van der Waals surface area contributed by atoms with Crippen molar-refractivity contribution in [3.8, 4) is 0 Å². The highest BCUT2D eigenvalue weighted by Crippen LogP contribution is 2.82. The molecule has 1 aromatic carbocycles. The van der Waals surface area contributed by atoms with Crippen LogP contribution in [0.3, 0.4) is 0 Å². The van der Waals surface area contributed by atoms with Gasteiger partial charge in [-0.2, -0.15) is 0 Å². The molecule has 0 unspecified atom stereocenters. The molecule has 0 aromatic heterocycles. The molecule has 0 bridgehead atoms. The molecule has 0 atom stereocenters. The Balaban J connectivity index is 3.54. The van der Waals surface area contributed by atoms with Gasteiger partial charge in [0, 0.05) is 5.69 Å². The number of hydrogen-bond donors (Lipinski definition) is 2. The van der Waals surface area contributed by atoms with E-state index in [1.54, 1.807) is 13.8 Å². The van der Waals surface area contributed by atoms with Gasteiger partial charge in [-0.1, -0.05) is 12.2 Å². The Morgan fingerprint density at radius 2 is 1.75 bits per heavy atom. The van der Waals surface area contributed by atoms with Gasteiger partial charge < -0.3 is 5.73 Å². The van der Waals surface area contributed by atoms with Crippen molar-refractivity contribution in [2.45, 2.75) is 18.7 Å². The first-order valence-electron chi connectivity index (χ1n) is 4.45. The number of nitrogens with two attached hydrogens (primary N) is 1. The maximum atomic E-state index is 12.6. The van der Waals surface area contributed by atoms with Crippen LogP contribution >= 0.6 is 10.7 Å². The van der Waals surface area contributed by atoms with E-state index in [1.165, 1.54) is 0 Å². The lowest BCUT2D eigenvalue weighted by atomic mass is 10.0. The second-order valence-electron chi connectivity index (χ2n) is 3.71. The lowest BCUT2D eigenvalue weighted by Gasteiger charge is -2.30. The summed E-state index contributed by atoms with van der Waals surface area (Å²) in [5.41, 5.74) is 6.50. The first kappa shape index (κ1) is 12.9. The monoisotopic (exact) mass is 255 g/mol. The number of thiol groups is 1. The van der Waals surface area contributed by atoms with Crippen LogP contribution in [-0.4, -0.2) is 0 Å². The highest BCUT2D eigenvalue weighted by atomic mass is 32.4. The van der Waals surface area contributed by atoms with Crippen molar-refractivity contribution in [3.05, 3.63) is 29.8 Å². The molecular weight excluding hydrogens is 242 g/mol. The van der Waals surface area contributed by atoms with Crippen LogP contribution in [-0.2, 0) is 0 Å². The second-order valence-corrected chi connectivity index (χ2v) is 5.67. The molecule has 0 saturated heterocycles. The van der Waals surface area contributed by atoms with Gasteiger partial charge in [0.2, 0.25) is 0 Å². The van der Waals surface area contributed by atoms with E-state index >= 15 is 0 Å². The van der Waals surface area contributed by atoms with E-state index in [1.807, 2.05) is 0 Å². The van der Waals surface area contributed by atoms with Crippen molar-refractivity contribution >= 4 is 22.0 Å². The van der Waals surface area contributed by atoms with Crippen LogP contribution in [0, 0.1) is 6.92 Å². The zero-order valence-corrected chi connectivity index (χ0v) is 9.79. The van der Waals surface area contributed by atoms with E-state index in [-0.39, 0.29) is 11.3 Å². The Kier molecular flexibility index (Phi) is 2.75. The average molecular weight is 255 g/mol. The van der Waals surface area contributed by atoms with Gasteiger partial charge in [0.15, 0.2) is 10.7 Å². The first-order chi connectivity index (χ1) is 6.99. The second kappa shape index (κ2) is 3.41. The Labute approximate surface area is 92.4 Å². The lowest BCUT2D eigenvalue weighted by molar-refractivity contribution is 0.495. The molecule has 16 heavy (non-hydrogen) atoms. The van der Waals surface area contributed by atoms with Crippen LogP contribution in [0.2, 0.25) is 0 Å². The standard InChI is InChI=1S/C10H13F4NS/c1-6(2)9-4-8(16(11,12,13)14)5-10(15)7(9)3/h4-5,16H,1,15H2,2-3H3. The van der Waals surface area contributed by atoms with Gasteiger partial charge in [-0.05, 0) is 37.1 Å². The number of halogens is 4. The molecule has 0 heterocycles. The molecule has 1 aromatic rings. The van der Waals surface area contributed by atoms with Crippen molar-refractivity contribution in [2.75, 3.05) is 5.73 Å². The van der Waals surface area contributed by atoms with Gasteiger partial charge in [0.1, 0.15) is 0 Å². The normalized spacial score (nSPS) is 14.2. The fraction of sp³-hybridized carbons (Fsp3) is 0.200. The minimum absolute atomic E-state index is 0.0740. The molecule has 92 valence electrons. The van der Waals surface area contributed by atoms with E-state index in [4.69, 9.17) is 5.73 Å². The molecule has 2 N–H and O–H groups in total. The van der Waals surface area contributed by atoms with Crippen molar-refractivity contribution in [1.82, 2.24) is 0 Å². The van der Waals surface area contributed by atoms with Crippen LogP contribution in [0.1, 0.15) is 18.1 Å². The van der Waals surface area contributed by atoms with Crippen molar-refractivity contribution in [3.63, 3.8) is 0 Å². The van der Waals surface area contributed by atoms with Crippen LogP contribution in [0.25, 0.3) is 5.57 Å². The maximum absolute atomic E-state index is 12.6. The maximum Gasteiger partial charge on any atom is 0.179 e. The molecule has 0 radical (unpaired) electrons. The fourth-order valence-electron chi connectivity index (χ4n) is 1.36. The molecule has 0 spiro atoms. The summed E-state index contributed by atoms with van der Waals surface area (Å²) in [5.74, 6) is 0. The summed E-state index contributed by atoms with van der Waals surface area (Å²) >= 11 is 0. The zero-order valence-electron chi connectivity index (χ0n) is 8.90. The van der Waals surface area contributed by atoms with Crippen LogP contribution in [0.15, 0.2) is 23.6 Å². The molecule has 1 rings (SSSR count). The third-order valence-corrected chi connectivity index (χ3v) is 3.32. The quantitative estimate of drug-likeness (QED) is 0.451. The van der Waals surface area contributed by atoms with E-state index in [0.717, 1.165) is 6.07 Å². The molecular formula is C10H13F4NS. The van der Waals surface area contributed by atoms with E-state index in [2.05, 4.69) is 6.58 Å². The zero-order chi connectivity index (χ0) is 12.7. The fourth-order valence-corrected chi connectivity index (χ4v) is 2.02. The highest BCUT2D eigenvalue weighted by molar-refractivity contribution is 8.33. The number of hydrogen-bond acceptors (Lipinski definition) is 1. The smallest absolute Gasteiger partial charge is 0.179 e. The minimum atomic E-state index is -7.75. The van der Waals surface area contributed by atoms with Gasteiger partial charge >= 0.3 is 0 Å². The molecule has 1 nitrogen and oxygen atoms in total. The number of benzene rings is 1. The summed E-state index contributed by atoms with van der Waals surface area (Å²) in [6.45, 7) is 6.67. The first-order valence-corrected chi connectivity index (χ1v) is 6.25. The largest absolute Gasteiger partial charge is 0.398 e. The summed E-state index contributed by atoms with van der Waals surface area (Å²) in [4.78, 5) is -1.29. The molecule has 0 amide bonds. The Morgan fingerprint density at radius 3 is 2.12 bits per heavy atom. The molecule has 0 aliphatic heterocycles. The van der Waals surface area contributed by atoms with Gasteiger partial charge in [-0.3, -0.25) is 0 Å². The number of allylic oxidation sites excluding steroid dienone is 1. The molecule has 0 aliphatic carbocycles. The van der Waals surface area contributed by atoms with Crippen molar-refractivity contribution in [2.24, 2.45) is 0 Å². The van der Waals surface area contributed by atoms with Crippen molar-refractivity contribution in [1.29, 1.82) is 0 Å². The summed E-state index contributed by atoms with van der Waals surface area (Å²) in [5, 5.41) is 0. The summed E-state index contributed by atoms with van der Waals surface area (Å²) in [7, 11) is -7.75. The SMILES string of the molecule is C=C(C)c1cc([SH](F)(F)(F)F)cc(N)c1C. The third kappa shape index (κ3) is 2.49. The summed E-state index contributed by atoms with van der Waals surface area (Å²) in [6, 6.07) is 1.41. The summed E-state index contributed by atoms with van der Waals surface area (Å²) in [6.07, 6.45) is 0. The average Bonchev–Trinajstić information content (AvgIpc) is 2.05. The lowest BCUT2D eigenvalue weighted by Crippen LogP contribution is -2.00. The van der Waals surface area contributed by atoms with E-state index < -0.39 is 15.6 Å². The number of nitrogen functional groups attached to an aromatic ring is 1. The summed E-state index contributed by atoms with van der Waals surface area (Å²) < 4.78 is 50.4. The molecule has 0 fully saturated rings.